The molecule has 0 radical (unpaired) electrons. The minimum Gasteiger partial charge on any atom is -0.323 e. The first-order valence-electron chi connectivity index (χ1n) is 11.3. The van der Waals surface area contributed by atoms with Crippen LogP contribution in [-0.4, -0.2) is 45.4 Å². The van der Waals surface area contributed by atoms with E-state index in [4.69, 9.17) is 4.99 Å². The predicted octanol–water partition coefficient (Wildman–Crippen LogP) is 3.17. The topological polar surface area (TPSA) is 83.8 Å². The molecule has 0 bridgehead atoms. The third kappa shape index (κ3) is 4.07. The Hall–Kier alpha value is -2.44. The van der Waals surface area contributed by atoms with Gasteiger partial charge < -0.3 is 5.32 Å². The van der Waals surface area contributed by atoms with E-state index in [2.05, 4.69) is 12.2 Å². The molecule has 1 spiro atoms. The van der Waals surface area contributed by atoms with Crippen LogP contribution in [0.1, 0.15) is 75.1 Å². The lowest BCUT2D eigenvalue weighted by Gasteiger charge is -2.33. The summed E-state index contributed by atoms with van der Waals surface area (Å²) < 4.78 is 1.50. The SMILES string of the molecule is Cc1ccn(C(=O)CN2C(=O)NC3(CCC(C)CC3)C2=O)c(=NC2CCCCC2)c1. The van der Waals surface area contributed by atoms with Crippen LogP contribution in [0.25, 0.3) is 0 Å². The largest absolute Gasteiger partial charge is 0.325 e. The Morgan fingerprint density at radius 3 is 2.57 bits per heavy atom. The highest BCUT2D eigenvalue weighted by molar-refractivity contribution is 6.09. The van der Waals surface area contributed by atoms with Gasteiger partial charge in [0.25, 0.3) is 11.8 Å². The van der Waals surface area contributed by atoms with Crippen LogP contribution in [0.5, 0.6) is 0 Å². The van der Waals surface area contributed by atoms with E-state index >= 15 is 0 Å². The Labute approximate surface area is 177 Å². The Balaban J connectivity index is 1.55. The predicted molar refractivity (Wildman–Crippen MR) is 113 cm³/mol. The van der Waals surface area contributed by atoms with Crippen molar-refractivity contribution in [1.29, 1.82) is 0 Å². The Morgan fingerprint density at radius 2 is 1.87 bits per heavy atom. The van der Waals surface area contributed by atoms with Gasteiger partial charge in [-0.2, -0.15) is 0 Å². The number of carbonyl (C=O) groups is 3. The second-order valence-corrected chi connectivity index (χ2v) is 9.33. The van der Waals surface area contributed by atoms with Gasteiger partial charge in [0.05, 0.1) is 6.04 Å². The third-order valence-corrected chi connectivity index (χ3v) is 6.92. The van der Waals surface area contributed by atoms with Gasteiger partial charge in [0.1, 0.15) is 17.6 Å². The number of rotatable bonds is 3. The molecule has 2 heterocycles. The molecule has 1 aliphatic heterocycles. The van der Waals surface area contributed by atoms with E-state index in [0.717, 1.165) is 49.0 Å². The monoisotopic (exact) mass is 412 g/mol. The van der Waals surface area contributed by atoms with Crippen molar-refractivity contribution in [2.24, 2.45) is 10.9 Å². The molecule has 1 saturated heterocycles. The highest BCUT2D eigenvalue weighted by atomic mass is 16.2. The summed E-state index contributed by atoms with van der Waals surface area (Å²) >= 11 is 0. The van der Waals surface area contributed by atoms with Crippen molar-refractivity contribution in [2.75, 3.05) is 6.54 Å². The Kier molecular flexibility index (Phi) is 5.80. The van der Waals surface area contributed by atoms with E-state index in [1.807, 2.05) is 19.1 Å². The summed E-state index contributed by atoms with van der Waals surface area (Å²) in [4.78, 5) is 44.7. The van der Waals surface area contributed by atoms with E-state index in [1.165, 1.54) is 11.0 Å². The zero-order valence-corrected chi connectivity index (χ0v) is 18.0. The summed E-state index contributed by atoms with van der Waals surface area (Å²) in [6.45, 7) is 3.88. The van der Waals surface area contributed by atoms with Gasteiger partial charge >= 0.3 is 6.03 Å². The first-order chi connectivity index (χ1) is 14.4. The lowest BCUT2D eigenvalue weighted by atomic mass is 9.77. The molecule has 2 aliphatic carbocycles. The smallest absolute Gasteiger partial charge is 0.323 e. The summed E-state index contributed by atoms with van der Waals surface area (Å²) in [5, 5.41) is 2.89. The van der Waals surface area contributed by atoms with Crippen molar-refractivity contribution in [1.82, 2.24) is 14.8 Å². The minimum absolute atomic E-state index is 0.226. The summed E-state index contributed by atoms with van der Waals surface area (Å²) in [5.74, 6) is -0.0106. The molecule has 0 atom stereocenters. The molecule has 30 heavy (non-hydrogen) atoms. The van der Waals surface area contributed by atoms with Crippen LogP contribution >= 0.6 is 0 Å². The van der Waals surface area contributed by atoms with Crippen molar-refractivity contribution < 1.29 is 14.4 Å². The summed E-state index contributed by atoms with van der Waals surface area (Å²) in [7, 11) is 0. The van der Waals surface area contributed by atoms with Gasteiger partial charge in [-0.1, -0.05) is 26.2 Å². The molecule has 3 fully saturated rings. The quantitative estimate of drug-likeness (QED) is 0.774. The molecule has 0 unspecified atom stereocenters. The van der Waals surface area contributed by atoms with E-state index in [1.54, 1.807) is 6.20 Å². The maximum absolute atomic E-state index is 13.1. The molecular weight excluding hydrogens is 380 g/mol. The fourth-order valence-electron chi connectivity index (χ4n) is 4.92. The van der Waals surface area contributed by atoms with Crippen molar-refractivity contribution in [3.05, 3.63) is 29.4 Å². The number of amides is 3. The molecule has 4 rings (SSSR count). The van der Waals surface area contributed by atoms with E-state index in [-0.39, 0.29) is 24.4 Å². The number of nitrogens with zero attached hydrogens (tertiary/aromatic N) is 3. The maximum Gasteiger partial charge on any atom is 0.325 e. The number of carbonyl (C=O) groups excluding carboxylic acids is 3. The second-order valence-electron chi connectivity index (χ2n) is 9.33. The third-order valence-electron chi connectivity index (χ3n) is 6.92. The van der Waals surface area contributed by atoms with Crippen molar-refractivity contribution in [3.63, 3.8) is 0 Å². The van der Waals surface area contributed by atoms with E-state index in [0.29, 0.717) is 24.2 Å². The standard InChI is InChI=1S/C23H32N4O3/c1-16-8-11-23(12-9-16)21(29)27(22(30)25-23)15-20(28)26-13-10-17(2)14-19(26)24-18-6-4-3-5-7-18/h10,13-14,16,18H,3-9,11-12,15H2,1-2H3,(H,25,30). The van der Waals surface area contributed by atoms with Crippen LogP contribution < -0.4 is 10.8 Å². The van der Waals surface area contributed by atoms with Gasteiger partial charge in [0, 0.05) is 6.20 Å². The first-order valence-corrected chi connectivity index (χ1v) is 11.3. The van der Waals surface area contributed by atoms with Crippen molar-refractivity contribution >= 4 is 17.8 Å². The number of hydrogen-bond acceptors (Lipinski definition) is 4. The highest BCUT2D eigenvalue weighted by Gasteiger charge is 2.52. The summed E-state index contributed by atoms with van der Waals surface area (Å²) in [6.07, 6.45) is 10.4. The minimum atomic E-state index is -0.822. The van der Waals surface area contributed by atoms with Gasteiger partial charge in [0.15, 0.2) is 0 Å². The number of aromatic nitrogens is 1. The zero-order valence-electron chi connectivity index (χ0n) is 18.0. The normalized spacial score (nSPS) is 28.3. The molecule has 2 saturated carbocycles. The maximum atomic E-state index is 13.1. The summed E-state index contributed by atoms with van der Waals surface area (Å²) in [6, 6.07) is 3.53. The molecule has 7 nitrogen and oxygen atoms in total. The second kappa shape index (κ2) is 8.36. The molecular formula is C23H32N4O3. The van der Waals surface area contributed by atoms with Gasteiger partial charge in [-0.25, -0.2) is 4.79 Å². The number of imide groups is 1. The van der Waals surface area contributed by atoms with Crippen molar-refractivity contribution in [2.45, 2.75) is 83.2 Å². The number of urea groups is 1. The summed E-state index contributed by atoms with van der Waals surface area (Å²) in [5.41, 5.74) is 0.816. The van der Waals surface area contributed by atoms with Crippen LogP contribution in [0.4, 0.5) is 4.79 Å². The molecule has 3 aliphatic rings. The first kappa shape index (κ1) is 20.8. The Morgan fingerprint density at radius 1 is 1.17 bits per heavy atom. The number of hydrogen-bond donors (Lipinski definition) is 1. The fraction of sp³-hybridized carbons (Fsp3) is 0.652. The average Bonchev–Trinajstić information content (AvgIpc) is 2.95. The molecule has 162 valence electrons. The van der Waals surface area contributed by atoms with Crippen molar-refractivity contribution in [3.8, 4) is 0 Å². The molecule has 3 amide bonds. The van der Waals surface area contributed by atoms with Crippen LogP contribution in [-0.2, 0) is 4.79 Å². The molecule has 0 aromatic carbocycles. The molecule has 7 heteroatoms. The lowest BCUT2D eigenvalue weighted by molar-refractivity contribution is -0.132. The van der Waals surface area contributed by atoms with Crippen LogP contribution in [0.15, 0.2) is 23.3 Å². The van der Waals surface area contributed by atoms with Crippen LogP contribution in [0, 0.1) is 12.8 Å². The van der Waals surface area contributed by atoms with E-state index < -0.39 is 11.6 Å². The molecule has 1 aromatic rings. The van der Waals surface area contributed by atoms with Crippen LogP contribution in [0.2, 0.25) is 0 Å². The number of pyridine rings is 1. The molecule has 1 aromatic heterocycles. The Bertz CT molecular complexity index is 905. The van der Waals surface area contributed by atoms with Crippen LogP contribution in [0.3, 0.4) is 0 Å². The van der Waals surface area contributed by atoms with Gasteiger partial charge in [-0.15, -0.1) is 0 Å². The zero-order chi connectivity index (χ0) is 21.3. The number of aryl methyl sites for hydroxylation is 1. The van der Waals surface area contributed by atoms with Gasteiger partial charge in [-0.3, -0.25) is 24.0 Å². The average molecular weight is 413 g/mol. The van der Waals surface area contributed by atoms with Gasteiger partial charge in [-0.05, 0) is 69.1 Å². The highest BCUT2D eigenvalue weighted by Crippen LogP contribution is 2.36. The molecule has 1 N–H and O–H groups in total. The van der Waals surface area contributed by atoms with E-state index in [9.17, 15) is 14.4 Å². The fourth-order valence-corrected chi connectivity index (χ4v) is 4.92. The van der Waals surface area contributed by atoms with Gasteiger partial charge in [0.2, 0.25) is 0 Å². The number of nitrogens with one attached hydrogen (secondary N) is 1. The lowest BCUT2D eigenvalue weighted by Crippen LogP contribution is -2.49.